The van der Waals surface area contributed by atoms with Crippen LogP contribution in [0.4, 0.5) is 5.69 Å². The number of likely N-dealkylation sites (tertiary alicyclic amines) is 1. The smallest absolute Gasteiger partial charge is 0.269 e. The van der Waals surface area contributed by atoms with Crippen molar-refractivity contribution in [3.05, 3.63) is 64.2 Å². The Bertz CT molecular complexity index is 1140. The fourth-order valence-electron chi connectivity index (χ4n) is 4.84. The highest BCUT2D eigenvalue weighted by Gasteiger charge is 2.25. The molecule has 2 saturated heterocycles. The van der Waals surface area contributed by atoms with Crippen molar-refractivity contribution in [2.24, 2.45) is 0 Å². The van der Waals surface area contributed by atoms with Crippen molar-refractivity contribution in [2.45, 2.75) is 44.9 Å². The molecule has 1 aromatic carbocycles. The quantitative estimate of drug-likeness (QED) is 0.701. The van der Waals surface area contributed by atoms with E-state index in [1.54, 1.807) is 16.9 Å². The van der Waals surface area contributed by atoms with Gasteiger partial charge in [-0.3, -0.25) is 14.7 Å². The van der Waals surface area contributed by atoms with Crippen LogP contribution in [-0.2, 0) is 6.54 Å². The van der Waals surface area contributed by atoms with E-state index in [1.807, 2.05) is 17.9 Å². The summed E-state index contributed by atoms with van der Waals surface area (Å²) >= 11 is 0. The molecule has 3 aromatic rings. The minimum absolute atomic E-state index is 0.0575. The van der Waals surface area contributed by atoms with E-state index in [0.717, 1.165) is 67.7 Å². The standard InChI is InChI=1S/C24H29N5O2/c1-17-4-6-19-11-18(5-7-23(19)26-17)14-27-9-2-3-20(15-27)29-24(31)12-21(13-25-29)28-10-8-22(30)16-28/h4-7,11-13,20,22,30H,2-3,8-10,14-16H2,1H3/t20-,22-/m0/s1. The van der Waals surface area contributed by atoms with E-state index in [2.05, 4.69) is 39.2 Å². The number of aromatic nitrogens is 3. The second-order valence-electron chi connectivity index (χ2n) is 8.90. The largest absolute Gasteiger partial charge is 0.391 e. The number of hydrogen-bond acceptors (Lipinski definition) is 6. The molecule has 2 aromatic heterocycles. The Balaban J connectivity index is 1.29. The van der Waals surface area contributed by atoms with Gasteiger partial charge >= 0.3 is 0 Å². The predicted octanol–water partition coefficient (Wildman–Crippen LogP) is 2.51. The van der Waals surface area contributed by atoms with Crippen LogP contribution >= 0.6 is 0 Å². The van der Waals surface area contributed by atoms with Crippen molar-refractivity contribution in [2.75, 3.05) is 31.1 Å². The third-order valence-electron chi connectivity index (χ3n) is 6.47. The molecule has 0 aliphatic carbocycles. The summed E-state index contributed by atoms with van der Waals surface area (Å²) in [7, 11) is 0. The average Bonchev–Trinajstić information content (AvgIpc) is 3.20. The molecule has 1 N–H and O–H groups in total. The normalized spacial score (nSPS) is 22.3. The maximum Gasteiger partial charge on any atom is 0.269 e. The Kier molecular flexibility index (Phi) is 5.46. The molecule has 0 unspecified atom stereocenters. The van der Waals surface area contributed by atoms with Crippen LogP contribution in [0.15, 0.2) is 47.4 Å². The van der Waals surface area contributed by atoms with E-state index in [4.69, 9.17) is 0 Å². The van der Waals surface area contributed by atoms with Gasteiger partial charge in [0.1, 0.15) is 0 Å². The molecule has 2 aliphatic rings. The molecule has 4 heterocycles. The van der Waals surface area contributed by atoms with Gasteiger partial charge in [0.2, 0.25) is 0 Å². The molecule has 0 bridgehead atoms. The van der Waals surface area contributed by atoms with Crippen molar-refractivity contribution < 1.29 is 5.11 Å². The first-order valence-corrected chi connectivity index (χ1v) is 11.2. The van der Waals surface area contributed by atoms with Crippen LogP contribution in [0.5, 0.6) is 0 Å². The summed E-state index contributed by atoms with van der Waals surface area (Å²) < 4.78 is 1.65. The SMILES string of the molecule is Cc1ccc2cc(CN3CCC[C@H](n4ncc(N5CC[C@H](O)C5)cc4=O)C3)ccc2n1. The Morgan fingerprint density at radius 3 is 2.81 bits per heavy atom. The van der Waals surface area contributed by atoms with Gasteiger partial charge in [-0.15, -0.1) is 0 Å². The zero-order valence-electron chi connectivity index (χ0n) is 17.9. The van der Waals surface area contributed by atoms with Crippen LogP contribution in [0, 0.1) is 6.92 Å². The molecule has 7 nitrogen and oxygen atoms in total. The van der Waals surface area contributed by atoms with Crippen molar-refractivity contribution in [1.29, 1.82) is 0 Å². The molecule has 162 valence electrons. The highest BCUT2D eigenvalue weighted by Crippen LogP contribution is 2.24. The number of rotatable bonds is 4. The van der Waals surface area contributed by atoms with E-state index < -0.39 is 0 Å². The fraction of sp³-hybridized carbons (Fsp3) is 0.458. The molecule has 0 spiro atoms. The molecule has 2 aliphatic heterocycles. The van der Waals surface area contributed by atoms with Crippen LogP contribution in [0.2, 0.25) is 0 Å². The number of pyridine rings is 1. The summed E-state index contributed by atoms with van der Waals surface area (Å²) in [4.78, 5) is 21.8. The topological polar surface area (TPSA) is 74.5 Å². The Labute approximate surface area is 181 Å². The van der Waals surface area contributed by atoms with Crippen molar-refractivity contribution in [3.8, 4) is 0 Å². The van der Waals surface area contributed by atoms with Crippen LogP contribution in [0.3, 0.4) is 0 Å². The Hall–Kier alpha value is -2.77. The van der Waals surface area contributed by atoms with Crippen LogP contribution in [-0.4, -0.2) is 57.1 Å². The third kappa shape index (κ3) is 4.34. The van der Waals surface area contributed by atoms with Crippen molar-refractivity contribution in [1.82, 2.24) is 19.7 Å². The lowest BCUT2D eigenvalue weighted by Crippen LogP contribution is -2.40. The zero-order valence-corrected chi connectivity index (χ0v) is 17.9. The molecule has 5 rings (SSSR count). The van der Waals surface area contributed by atoms with Crippen molar-refractivity contribution in [3.63, 3.8) is 0 Å². The summed E-state index contributed by atoms with van der Waals surface area (Å²) in [5.41, 5.74) is 4.08. The molecule has 0 radical (unpaired) electrons. The number of anilines is 1. The highest BCUT2D eigenvalue weighted by atomic mass is 16.3. The van der Waals surface area contributed by atoms with E-state index in [0.29, 0.717) is 6.54 Å². The number of nitrogens with zero attached hydrogens (tertiary/aromatic N) is 5. The van der Waals surface area contributed by atoms with Gasteiger partial charge < -0.3 is 10.0 Å². The first-order chi connectivity index (χ1) is 15.0. The number of aliphatic hydroxyl groups excluding tert-OH is 1. The summed E-state index contributed by atoms with van der Waals surface area (Å²) in [6.45, 7) is 6.06. The second-order valence-corrected chi connectivity index (χ2v) is 8.90. The van der Waals surface area contributed by atoms with Gasteiger partial charge in [0.25, 0.3) is 5.56 Å². The number of aliphatic hydroxyl groups is 1. The number of aryl methyl sites for hydroxylation is 1. The van der Waals surface area contributed by atoms with Gasteiger partial charge in [-0.05, 0) is 56.5 Å². The minimum atomic E-state index is -0.316. The molecule has 2 fully saturated rings. The summed E-state index contributed by atoms with van der Waals surface area (Å²) in [6.07, 6.45) is 4.21. The number of benzene rings is 1. The van der Waals surface area contributed by atoms with E-state index in [1.165, 1.54) is 5.56 Å². The zero-order chi connectivity index (χ0) is 21.4. The first-order valence-electron chi connectivity index (χ1n) is 11.2. The molecule has 0 amide bonds. The molecule has 2 atom stereocenters. The van der Waals surface area contributed by atoms with Gasteiger partial charge in [-0.2, -0.15) is 5.10 Å². The lowest BCUT2D eigenvalue weighted by atomic mass is 10.0. The summed E-state index contributed by atoms with van der Waals surface area (Å²) in [6, 6.07) is 12.4. The second kappa shape index (κ2) is 8.40. The minimum Gasteiger partial charge on any atom is -0.391 e. The molecular weight excluding hydrogens is 390 g/mol. The Morgan fingerprint density at radius 2 is 2.00 bits per heavy atom. The molecule has 0 saturated carbocycles. The van der Waals surface area contributed by atoms with Gasteiger partial charge in [-0.1, -0.05) is 12.1 Å². The summed E-state index contributed by atoms with van der Waals surface area (Å²) in [5.74, 6) is 0. The van der Waals surface area contributed by atoms with Gasteiger partial charge in [0, 0.05) is 43.3 Å². The maximum absolute atomic E-state index is 12.8. The average molecular weight is 420 g/mol. The van der Waals surface area contributed by atoms with E-state index in [-0.39, 0.29) is 17.7 Å². The number of piperidine rings is 1. The van der Waals surface area contributed by atoms with Gasteiger partial charge in [0.05, 0.1) is 29.5 Å². The number of β-amino-alcohol motifs (C(OH)–C–C–N with tert-alkyl or cyclic N) is 1. The number of fused-ring (bicyclic) bond motifs is 1. The lowest BCUT2D eigenvalue weighted by Gasteiger charge is -2.33. The van der Waals surface area contributed by atoms with Gasteiger partial charge in [0.15, 0.2) is 0 Å². The fourth-order valence-corrected chi connectivity index (χ4v) is 4.84. The van der Waals surface area contributed by atoms with Crippen LogP contribution in [0.1, 0.15) is 36.6 Å². The first kappa shape index (κ1) is 20.2. The lowest BCUT2D eigenvalue weighted by molar-refractivity contribution is 0.160. The van der Waals surface area contributed by atoms with Crippen LogP contribution < -0.4 is 10.5 Å². The van der Waals surface area contributed by atoms with E-state index in [9.17, 15) is 9.90 Å². The molecule has 31 heavy (non-hydrogen) atoms. The molecule has 7 heteroatoms. The number of hydrogen-bond donors (Lipinski definition) is 1. The third-order valence-corrected chi connectivity index (χ3v) is 6.47. The predicted molar refractivity (Wildman–Crippen MR) is 121 cm³/mol. The van der Waals surface area contributed by atoms with Gasteiger partial charge in [-0.25, -0.2) is 4.68 Å². The van der Waals surface area contributed by atoms with Crippen LogP contribution in [0.25, 0.3) is 10.9 Å². The maximum atomic E-state index is 12.8. The summed E-state index contributed by atoms with van der Waals surface area (Å²) in [5, 5.41) is 15.4. The highest BCUT2D eigenvalue weighted by molar-refractivity contribution is 5.79. The monoisotopic (exact) mass is 419 g/mol. The van der Waals surface area contributed by atoms with E-state index >= 15 is 0 Å². The van der Waals surface area contributed by atoms with Crippen molar-refractivity contribution >= 4 is 16.6 Å². The Morgan fingerprint density at radius 1 is 1.10 bits per heavy atom. The molecular formula is C24H29N5O2.